The van der Waals surface area contributed by atoms with E-state index in [9.17, 15) is 0 Å². The summed E-state index contributed by atoms with van der Waals surface area (Å²) in [6, 6.07) is 11.8. The van der Waals surface area contributed by atoms with Crippen molar-refractivity contribution in [1.29, 1.82) is 0 Å². The average Bonchev–Trinajstić information content (AvgIpc) is 2.48. The highest BCUT2D eigenvalue weighted by Gasteiger charge is 2.47. The lowest BCUT2D eigenvalue weighted by Gasteiger charge is -2.54. The second kappa shape index (κ2) is 5.50. The Kier molecular flexibility index (Phi) is 3.74. The molecule has 1 aromatic carbocycles. The average molecular weight is 255 g/mol. The van der Waals surface area contributed by atoms with Crippen LogP contribution < -0.4 is 5.32 Å². The van der Waals surface area contributed by atoms with Crippen LogP contribution in [0.15, 0.2) is 43.0 Å². The normalized spacial score (nSPS) is 33.9. The van der Waals surface area contributed by atoms with E-state index in [-0.39, 0.29) is 0 Å². The van der Waals surface area contributed by atoms with Gasteiger partial charge < -0.3 is 5.32 Å². The molecule has 1 atom stereocenters. The van der Waals surface area contributed by atoms with Crippen LogP contribution in [0.4, 0.5) is 0 Å². The first-order chi connectivity index (χ1) is 9.34. The highest BCUT2D eigenvalue weighted by Crippen LogP contribution is 2.54. The van der Waals surface area contributed by atoms with Gasteiger partial charge in [-0.1, -0.05) is 36.4 Å². The molecule has 1 nitrogen and oxygen atoms in total. The summed E-state index contributed by atoms with van der Waals surface area (Å²) in [6.45, 7) is 4.78. The predicted molar refractivity (Wildman–Crippen MR) is 81.3 cm³/mol. The van der Waals surface area contributed by atoms with Gasteiger partial charge >= 0.3 is 0 Å². The van der Waals surface area contributed by atoms with Crippen LogP contribution in [0.1, 0.15) is 50.0 Å². The standard InChI is InChI=1S/C18H25N/c1-2-14-19-17-10-13-18(17)11-8-16(9-12-18)15-6-4-3-5-7-15/h2-7,16-17,19H,1,8-14H2/t16?,17-,18?/m0/s1. The van der Waals surface area contributed by atoms with Gasteiger partial charge in [-0.25, -0.2) is 0 Å². The van der Waals surface area contributed by atoms with Crippen LogP contribution in [0.2, 0.25) is 0 Å². The molecule has 1 heteroatoms. The van der Waals surface area contributed by atoms with Gasteiger partial charge in [-0.3, -0.25) is 0 Å². The fourth-order valence-electron chi connectivity index (χ4n) is 4.09. The fraction of sp³-hybridized carbons (Fsp3) is 0.556. The number of rotatable bonds is 4. The monoisotopic (exact) mass is 255 g/mol. The van der Waals surface area contributed by atoms with E-state index in [1.807, 2.05) is 6.08 Å². The van der Waals surface area contributed by atoms with Crippen LogP contribution in [0.25, 0.3) is 0 Å². The Hall–Kier alpha value is -1.08. The molecule has 19 heavy (non-hydrogen) atoms. The third-order valence-electron chi connectivity index (χ3n) is 5.43. The fourth-order valence-corrected chi connectivity index (χ4v) is 4.09. The van der Waals surface area contributed by atoms with Crippen molar-refractivity contribution >= 4 is 0 Å². The summed E-state index contributed by atoms with van der Waals surface area (Å²) in [5, 5.41) is 3.67. The van der Waals surface area contributed by atoms with E-state index in [4.69, 9.17) is 0 Å². The zero-order valence-corrected chi connectivity index (χ0v) is 11.8. The molecule has 2 fully saturated rings. The van der Waals surface area contributed by atoms with Crippen LogP contribution >= 0.6 is 0 Å². The molecule has 1 aromatic rings. The van der Waals surface area contributed by atoms with Gasteiger partial charge in [0.1, 0.15) is 0 Å². The van der Waals surface area contributed by atoms with E-state index >= 15 is 0 Å². The Bertz CT molecular complexity index is 415. The zero-order valence-electron chi connectivity index (χ0n) is 11.8. The molecule has 1 spiro atoms. The molecule has 0 bridgehead atoms. The van der Waals surface area contributed by atoms with E-state index in [1.165, 1.54) is 38.5 Å². The summed E-state index contributed by atoms with van der Waals surface area (Å²) < 4.78 is 0. The van der Waals surface area contributed by atoms with Crippen molar-refractivity contribution in [2.24, 2.45) is 5.41 Å². The molecule has 2 saturated carbocycles. The van der Waals surface area contributed by atoms with Crippen molar-refractivity contribution in [3.8, 4) is 0 Å². The van der Waals surface area contributed by atoms with Crippen LogP contribution in [-0.4, -0.2) is 12.6 Å². The van der Waals surface area contributed by atoms with E-state index in [0.717, 1.165) is 18.5 Å². The van der Waals surface area contributed by atoms with Crippen molar-refractivity contribution in [3.05, 3.63) is 48.6 Å². The lowest BCUT2D eigenvalue weighted by molar-refractivity contribution is 0.0194. The molecule has 0 radical (unpaired) electrons. The highest BCUT2D eigenvalue weighted by molar-refractivity contribution is 5.21. The Labute approximate surface area is 117 Å². The molecule has 0 saturated heterocycles. The van der Waals surface area contributed by atoms with Crippen LogP contribution in [-0.2, 0) is 0 Å². The minimum atomic E-state index is 0.619. The predicted octanol–water partition coefficient (Wildman–Crippen LogP) is 4.27. The zero-order chi connectivity index (χ0) is 13.1. The summed E-state index contributed by atoms with van der Waals surface area (Å²) in [7, 11) is 0. The van der Waals surface area contributed by atoms with Gasteiger partial charge in [0.2, 0.25) is 0 Å². The molecule has 0 amide bonds. The molecule has 0 aliphatic heterocycles. The van der Waals surface area contributed by atoms with Gasteiger partial charge in [0.05, 0.1) is 0 Å². The Balaban J connectivity index is 1.59. The van der Waals surface area contributed by atoms with Gasteiger partial charge in [0.15, 0.2) is 0 Å². The quantitative estimate of drug-likeness (QED) is 0.792. The smallest absolute Gasteiger partial charge is 0.0135 e. The summed E-state index contributed by atoms with van der Waals surface area (Å²) in [5.74, 6) is 0.799. The van der Waals surface area contributed by atoms with Crippen LogP contribution in [0.3, 0.4) is 0 Å². The maximum atomic E-state index is 3.81. The topological polar surface area (TPSA) is 12.0 Å². The molecule has 2 aliphatic rings. The first kappa shape index (κ1) is 12.9. The lowest BCUT2D eigenvalue weighted by atomic mass is 9.55. The second-order valence-corrected chi connectivity index (χ2v) is 6.34. The minimum absolute atomic E-state index is 0.619. The SMILES string of the molecule is C=CCN[C@H]1CCC12CCC(c1ccccc1)CC2. The third kappa shape index (κ3) is 2.49. The molecule has 1 N–H and O–H groups in total. The van der Waals surface area contributed by atoms with E-state index in [0.29, 0.717) is 5.41 Å². The van der Waals surface area contributed by atoms with E-state index in [1.54, 1.807) is 5.56 Å². The highest BCUT2D eigenvalue weighted by atomic mass is 15.0. The number of nitrogens with one attached hydrogen (secondary N) is 1. The maximum absolute atomic E-state index is 3.81. The second-order valence-electron chi connectivity index (χ2n) is 6.34. The van der Waals surface area contributed by atoms with E-state index in [2.05, 4.69) is 42.2 Å². The van der Waals surface area contributed by atoms with Crippen molar-refractivity contribution in [1.82, 2.24) is 5.32 Å². The van der Waals surface area contributed by atoms with Crippen LogP contribution in [0.5, 0.6) is 0 Å². The Morgan fingerprint density at radius 1 is 1.11 bits per heavy atom. The first-order valence-electron chi connectivity index (χ1n) is 7.73. The Morgan fingerprint density at radius 3 is 2.37 bits per heavy atom. The first-order valence-corrected chi connectivity index (χ1v) is 7.73. The van der Waals surface area contributed by atoms with Crippen molar-refractivity contribution < 1.29 is 0 Å². The van der Waals surface area contributed by atoms with Crippen molar-refractivity contribution in [2.75, 3.05) is 6.54 Å². The molecule has 0 unspecified atom stereocenters. The van der Waals surface area contributed by atoms with Gasteiger partial charge in [-0.05, 0) is 55.4 Å². The van der Waals surface area contributed by atoms with E-state index < -0.39 is 0 Å². The molecule has 0 heterocycles. The number of benzene rings is 1. The summed E-state index contributed by atoms with van der Waals surface area (Å²) in [5.41, 5.74) is 2.17. The minimum Gasteiger partial charge on any atom is -0.310 e. The largest absolute Gasteiger partial charge is 0.310 e. The molecule has 3 rings (SSSR count). The summed E-state index contributed by atoms with van der Waals surface area (Å²) in [6.07, 6.45) is 10.3. The summed E-state index contributed by atoms with van der Waals surface area (Å²) in [4.78, 5) is 0. The van der Waals surface area contributed by atoms with Gasteiger partial charge in [0, 0.05) is 12.6 Å². The molecule has 0 aromatic heterocycles. The van der Waals surface area contributed by atoms with Crippen molar-refractivity contribution in [2.45, 2.75) is 50.5 Å². The molecule has 102 valence electrons. The van der Waals surface area contributed by atoms with Crippen LogP contribution in [0, 0.1) is 5.41 Å². The number of hydrogen-bond donors (Lipinski definition) is 1. The maximum Gasteiger partial charge on any atom is 0.0135 e. The molecule has 2 aliphatic carbocycles. The third-order valence-corrected chi connectivity index (χ3v) is 5.43. The Morgan fingerprint density at radius 2 is 1.79 bits per heavy atom. The molecular weight excluding hydrogens is 230 g/mol. The van der Waals surface area contributed by atoms with Gasteiger partial charge in [-0.2, -0.15) is 0 Å². The molecular formula is C18H25N. The van der Waals surface area contributed by atoms with Crippen molar-refractivity contribution in [3.63, 3.8) is 0 Å². The van der Waals surface area contributed by atoms with Gasteiger partial charge in [-0.15, -0.1) is 6.58 Å². The lowest BCUT2D eigenvalue weighted by Crippen LogP contribution is -2.54. The van der Waals surface area contributed by atoms with Gasteiger partial charge in [0.25, 0.3) is 0 Å². The number of hydrogen-bond acceptors (Lipinski definition) is 1. The summed E-state index contributed by atoms with van der Waals surface area (Å²) >= 11 is 0.